The van der Waals surface area contributed by atoms with Crippen molar-refractivity contribution in [3.8, 4) is 0 Å². The summed E-state index contributed by atoms with van der Waals surface area (Å²) in [6, 6.07) is 0.405. The first-order valence-corrected chi connectivity index (χ1v) is 8.40. The van der Waals surface area contributed by atoms with Gasteiger partial charge in [0.1, 0.15) is 16.6 Å². The Bertz CT molecular complexity index is 695. The molecule has 1 fully saturated rings. The topological polar surface area (TPSA) is 109 Å². The first kappa shape index (κ1) is 16.5. The van der Waals surface area contributed by atoms with Gasteiger partial charge in [-0.3, -0.25) is 4.79 Å². The predicted octanol–water partition coefficient (Wildman–Crippen LogP) is 0.0125. The summed E-state index contributed by atoms with van der Waals surface area (Å²) in [5.41, 5.74) is 0.155. The Hall–Kier alpha value is -1.87. The number of piperidine rings is 1. The molecule has 0 bridgehead atoms. The van der Waals surface area contributed by atoms with Crippen LogP contribution in [-0.2, 0) is 21.9 Å². The third-order valence-electron chi connectivity index (χ3n) is 3.83. The maximum absolute atomic E-state index is 12.6. The zero-order valence-corrected chi connectivity index (χ0v) is 13.3. The van der Waals surface area contributed by atoms with Gasteiger partial charge in [-0.1, -0.05) is 0 Å². The molecule has 22 heavy (non-hydrogen) atoms. The smallest absolute Gasteiger partial charge is 0.326 e. The largest absolute Gasteiger partial charge is 0.480 e. The molecule has 1 aliphatic heterocycles. The van der Waals surface area contributed by atoms with Crippen molar-refractivity contribution in [1.82, 2.24) is 14.2 Å². The molecular weight excluding hydrogens is 310 g/mol. The molecule has 1 atom stereocenters. The molecule has 0 saturated carbocycles. The van der Waals surface area contributed by atoms with Crippen molar-refractivity contribution in [2.75, 3.05) is 13.6 Å². The van der Waals surface area contributed by atoms with E-state index < -0.39 is 27.9 Å². The molecule has 1 aromatic heterocycles. The van der Waals surface area contributed by atoms with Gasteiger partial charge in [0.15, 0.2) is 0 Å². The number of sulfonamides is 1. The van der Waals surface area contributed by atoms with Crippen LogP contribution in [0.3, 0.4) is 0 Å². The van der Waals surface area contributed by atoms with Crippen LogP contribution in [0.2, 0.25) is 0 Å². The van der Waals surface area contributed by atoms with Crippen LogP contribution < -0.4 is 4.72 Å². The lowest BCUT2D eigenvalue weighted by Gasteiger charge is -2.32. The monoisotopic (exact) mass is 329 g/mol. The number of carbonyl (C=O) groups is 2. The molecule has 0 radical (unpaired) electrons. The minimum absolute atomic E-state index is 0.0234. The lowest BCUT2D eigenvalue weighted by molar-refractivity contribution is -0.143. The lowest BCUT2D eigenvalue weighted by atomic mass is 10.0. The molecule has 0 aromatic carbocycles. The molecule has 0 spiro atoms. The summed E-state index contributed by atoms with van der Waals surface area (Å²) >= 11 is 0. The van der Waals surface area contributed by atoms with Gasteiger partial charge < -0.3 is 14.6 Å². The van der Waals surface area contributed by atoms with E-state index in [0.29, 0.717) is 13.0 Å². The highest BCUT2D eigenvalue weighted by molar-refractivity contribution is 7.89. The first-order chi connectivity index (χ1) is 10.3. The summed E-state index contributed by atoms with van der Waals surface area (Å²) in [4.78, 5) is 25.2. The van der Waals surface area contributed by atoms with Crippen LogP contribution >= 0.6 is 0 Å². The minimum Gasteiger partial charge on any atom is -0.480 e. The lowest BCUT2D eigenvalue weighted by Crippen LogP contribution is -2.48. The number of carbonyl (C=O) groups excluding carboxylic acids is 1. The van der Waals surface area contributed by atoms with Gasteiger partial charge in [-0.25, -0.2) is 17.9 Å². The van der Waals surface area contributed by atoms with Gasteiger partial charge in [-0.2, -0.15) is 0 Å². The van der Waals surface area contributed by atoms with Crippen LogP contribution in [0.25, 0.3) is 0 Å². The van der Waals surface area contributed by atoms with Crippen LogP contribution in [-0.4, -0.2) is 54.5 Å². The van der Waals surface area contributed by atoms with Crippen LogP contribution in [0.5, 0.6) is 0 Å². The Morgan fingerprint density at radius 3 is 2.64 bits per heavy atom. The van der Waals surface area contributed by atoms with Crippen LogP contribution in [0.15, 0.2) is 17.2 Å². The number of nitrogens with zero attached hydrogens (tertiary/aromatic N) is 2. The maximum atomic E-state index is 12.6. The third-order valence-corrected chi connectivity index (χ3v) is 5.21. The highest BCUT2D eigenvalue weighted by atomic mass is 32.2. The minimum atomic E-state index is -3.65. The fourth-order valence-electron chi connectivity index (χ4n) is 2.59. The molecule has 2 N–H and O–H groups in total. The Labute approximate surface area is 128 Å². The Kier molecular flexibility index (Phi) is 4.57. The van der Waals surface area contributed by atoms with Crippen molar-refractivity contribution in [2.24, 2.45) is 7.05 Å². The molecule has 2 heterocycles. The summed E-state index contributed by atoms with van der Waals surface area (Å²) < 4.78 is 27.2. The normalized spacial score (nSPS) is 19.2. The van der Waals surface area contributed by atoms with E-state index in [4.69, 9.17) is 0 Å². The molecule has 1 saturated heterocycles. The van der Waals surface area contributed by atoms with Gasteiger partial charge in [-0.05, 0) is 32.4 Å². The van der Waals surface area contributed by atoms with Crippen molar-refractivity contribution in [3.63, 3.8) is 0 Å². The van der Waals surface area contributed by atoms with Gasteiger partial charge in [0.05, 0.1) is 0 Å². The van der Waals surface area contributed by atoms with Crippen molar-refractivity contribution in [3.05, 3.63) is 18.0 Å². The van der Waals surface area contributed by atoms with E-state index in [-0.39, 0.29) is 10.6 Å². The Balaban J connectivity index is 2.35. The third kappa shape index (κ3) is 3.00. The number of nitrogens with one attached hydrogen (secondary N) is 1. The van der Waals surface area contributed by atoms with E-state index in [0.717, 1.165) is 12.8 Å². The molecule has 0 aliphatic carbocycles. The van der Waals surface area contributed by atoms with Crippen molar-refractivity contribution >= 4 is 21.9 Å². The van der Waals surface area contributed by atoms with E-state index in [1.807, 2.05) is 0 Å². The van der Waals surface area contributed by atoms with Crippen molar-refractivity contribution in [1.29, 1.82) is 0 Å². The summed E-state index contributed by atoms with van der Waals surface area (Å²) in [6.07, 6.45) is 3.24. The number of hydrogen-bond donors (Lipinski definition) is 2. The molecule has 1 unspecified atom stereocenters. The maximum Gasteiger partial charge on any atom is 0.326 e. The quantitative estimate of drug-likeness (QED) is 0.809. The SMILES string of the molecule is CNS(=O)(=O)c1cc(C(=O)N2CCCCC2C(=O)O)n(C)c1. The van der Waals surface area contributed by atoms with Crippen LogP contribution in [0.4, 0.5) is 0 Å². The number of carboxylic acid groups (broad SMARTS) is 1. The van der Waals surface area contributed by atoms with E-state index >= 15 is 0 Å². The average Bonchev–Trinajstić information content (AvgIpc) is 2.89. The molecule has 1 aliphatic rings. The zero-order chi connectivity index (χ0) is 16.5. The number of aliphatic carboxylic acids is 1. The number of likely N-dealkylation sites (tertiary alicyclic amines) is 1. The number of hydrogen-bond acceptors (Lipinski definition) is 4. The summed E-state index contributed by atoms with van der Waals surface area (Å²) in [7, 11) is -0.808. The predicted molar refractivity (Wildman–Crippen MR) is 78.0 cm³/mol. The van der Waals surface area contributed by atoms with Gasteiger partial charge in [0, 0.05) is 19.8 Å². The number of aromatic nitrogens is 1. The summed E-state index contributed by atoms with van der Waals surface area (Å²) in [6.45, 7) is 0.356. The molecule has 1 aromatic rings. The van der Waals surface area contributed by atoms with Crippen LogP contribution in [0, 0.1) is 0 Å². The van der Waals surface area contributed by atoms with Crippen molar-refractivity contribution < 1.29 is 23.1 Å². The standard InChI is InChI=1S/C13H19N3O5S/c1-14-22(20,21)9-7-11(15(2)8-9)12(17)16-6-4-3-5-10(16)13(18)19/h7-8,10,14H,3-6H2,1-2H3,(H,18,19). The number of aryl methyl sites for hydroxylation is 1. The summed E-state index contributed by atoms with van der Waals surface area (Å²) in [5.74, 6) is -1.50. The number of amides is 1. The first-order valence-electron chi connectivity index (χ1n) is 6.91. The van der Waals surface area contributed by atoms with Gasteiger partial charge in [-0.15, -0.1) is 0 Å². The Morgan fingerprint density at radius 2 is 2.05 bits per heavy atom. The summed E-state index contributed by atoms with van der Waals surface area (Å²) in [5, 5.41) is 9.24. The van der Waals surface area contributed by atoms with E-state index in [1.165, 1.54) is 28.8 Å². The molecule has 1 amide bonds. The molecule has 8 nitrogen and oxygen atoms in total. The number of carboxylic acids is 1. The highest BCUT2D eigenvalue weighted by Gasteiger charge is 2.34. The average molecular weight is 329 g/mol. The van der Waals surface area contributed by atoms with E-state index in [1.54, 1.807) is 7.05 Å². The molecule has 122 valence electrons. The van der Waals surface area contributed by atoms with Crippen molar-refractivity contribution in [2.45, 2.75) is 30.2 Å². The van der Waals surface area contributed by atoms with Gasteiger partial charge in [0.2, 0.25) is 10.0 Å². The van der Waals surface area contributed by atoms with E-state index in [9.17, 15) is 23.1 Å². The second-order valence-corrected chi connectivity index (χ2v) is 7.11. The fraction of sp³-hybridized carbons (Fsp3) is 0.538. The van der Waals surface area contributed by atoms with Gasteiger partial charge >= 0.3 is 5.97 Å². The van der Waals surface area contributed by atoms with Gasteiger partial charge in [0.25, 0.3) is 5.91 Å². The fourth-order valence-corrected chi connectivity index (χ4v) is 3.39. The second-order valence-electron chi connectivity index (χ2n) is 5.23. The Morgan fingerprint density at radius 1 is 1.36 bits per heavy atom. The second kappa shape index (κ2) is 6.09. The highest BCUT2D eigenvalue weighted by Crippen LogP contribution is 2.22. The molecule has 9 heteroatoms. The molecule has 2 rings (SSSR count). The van der Waals surface area contributed by atoms with E-state index in [2.05, 4.69) is 4.72 Å². The zero-order valence-electron chi connectivity index (χ0n) is 12.4. The van der Waals surface area contributed by atoms with Crippen LogP contribution in [0.1, 0.15) is 29.8 Å². The molecular formula is C13H19N3O5S. The number of rotatable bonds is 4.